The molecule has 0 atom stereocenters. The first-order valence-corrected chi connectivity index (χ1v) is 22.4. The van der Waals surface area contributed by atoms with Crippen molar-refractivity contribution in [1.82, 2.24) is 4.57 Å². The van der Waals surface area contributed by atoms with E-state index < -0.39 is 0 Å². The Morgan fingerprint density at radius 3 is 1.98 bits per heavy atom. The standard InChI is InChI=1S/C43H33N.C10H13N.C7H8.C2H4/c1-4-7-14-28-22-24-33(35-19-12-11-17-32(28)35)30-23-25-36-37-20-13-21-39-42(37)43-40(44(39)31(6-3)16-8-5-2)27-29-15-9-10-18-34(29)41(43)38(36)26-30;1-2-6-10(11)9-7-4-3-5-8-9;1-7-5-3-2-4-6-7;1-2/h2,6,8-13,15-27H,4,7,14H2,1,3H3;3-8H,2,11H2,1H3;2-6H,1H3;1-2H2/b16-8-,31-6+;10-6+;;. The average Bonchev–Trinajstić information content (AvgIpc) is 3.68. The van der Waals surface area contributed by atoms with Gasteiger partial charge in [-0.15, -0.1) is 19.6 Å². The van der Waals surface area contributed by atoms with E-state index in [0.29, 0.717) is 0 Å². The van der Waals surface area contributed by atoms with Crippen molar-refractivity contribution in [3.63, 3.8) is 0 Å². The maximum absolute atomic E-state index is 5.77. The average molecular weight is 831 g/mol. The highest BCUT2D eigenvalue weighted by atomic mass is 15.0. The van der Waals surface area contributed by atoms with Gasteiger partial charge in [0.1, 0.15) is 0 Å². The number of fused-ring (bicyclic) bond motifs is 6. The lowest BCUT2D eigenvalue weighted by molar-refractivity contribution is 0.799. The summed E-state index contributed by atoms with van der Waals surface area (Å²) in [7, 11) is 0. The Labute approximate surface area is 379 Å². The molecule has 1 heterocycles. The molecule has 10 aromatic rings. The smallest absolute Gasteiger partial charge is 0.0553 e. The van der Waals surface area contributed by atoms with Crippen LogP contribution in [0.1, 0.15) is 56.7 Å². The minimum absolute atomic E-state index is 0.869. The minimum Gasteiger partial charge on any atom is -0.399 e. The molecule has 0 saturated carbocycles. The van der Waals surface area contributed by atoms with E-state index in [4.69, 9.17) is 12.2 Å². The molecule has 0 fully saturated rings. The molecule has 0 radical (unpaired) electrons. The van der Waals surface area contributed by atoms with Crippen molar-refractivity contribution in [2.75, 3.05) is 0 Å². The second kappa shape index (κ2) is 21.0. The van der Waals surface area contributed by atoms with Gasteiger partial charge in [0.15, 0.2) is 0 Å². The van der Waals surface area contributed by atoms with Gasteiger partial charge in [-0.2, -0.15) is 0 Å². The Morgan fingerprint density at radius 1 is 0.641 bits per heavy atom. The van der Waals surface area contributed by atoms with Crippen molar-refractivity contribution in [3.8, 4) is 23.5 Å². The lowest BCUT2D eigenvalue weighted by Crippen LogP contribution is -1.94. The van der Waals surface area contributed by atoms with Crippen molar-refractivity contribution in [3.05, 3.63) is 218 Å². The van der Waals surface area contributed by atoms with Gasteiger partial charge in [0.25, 0.3) is 0 Å². The van der Waals surface area contributed by atoms with Gasteiger partial charge >= 0.3 is 0 Å². The van der Waals surface area contributed by atoms with Gasteiger partial charge < -0.3 is 10.3 Å². The Hall–Kier alpha value is -7.60. The highest BCUT2D eigenvalue weighted by molar-refractivity contribution is 6.39. The summed E-state index contributed by atoms with van der Waals surface area (Å²) in [6.07, 6.45) is 18.2. The zero-order valence-corrected chi connectivity index (χ0v) is 37.7. The number of benzene rings is 9. The number of hydrogen-bond acceptors (Lipinski definition) is 1. The van der Waals surface area contributed by atoms with E-state index in [9.17, 15) is 0 Å². The third-order valence-electron chi connectivity index (χ3n) is 11.9. The normalized spacial score (nSPS) is 11.7. The van der Waals surface area contributed by atoms with Crippen molar-refractivity contribution < 1.29 is 0 Å². The molecule has 0 aliphatic carbocycles. The molecule has 316 valence electrons. The lowest BCUT2D eigenvalue weighted by Gasteiger charge is -2.15. The number of rotatable bonds is 8. The molecule has 10 rings (SSSR count). The van der Waals surface area contributed by atoms with Gasteiger partial charge in [-0.05, 0) is 123 Å². The molecule has 64 heavy (non-hydrogen) atoms. The summed E-state index contributed by atoms with van der Waals surface area (Å²) in [5, 5.41) is 13.0. The van der Waals surface area contributed by atoms with Crippen LogP contribution in [0.5, 0.6) is 0 Å². The molecule has 0 aliphatic rings. The molecule has 0 unspecified atom stereocenters. The summed E-state index contributed by atoms with van der Waals surface area (Å²) in [5.74, 6) is 2.68. The number of aryl methyl sites for hydroxylation is 2. The number of allylic oxidation sites excluding steroid dienone is 5. The molecule has 0 amide bonds. The van der Waals surface area contributed by atoms with E-state index in [2.05, 4.69) is 173 Å². The summed E-state index contributed by atoms with van der Waals surface area (Å²) in [6, 6.07) is 58.9. The second-order valence-electron chi connectivity index (χ2n) is 15.9. The van der Waals surface area contributed by atoms with Gasteiger partial charge in [-0.25, -0.2) is 0 Å². The molecular weight excluding hydrogens is 773 g/mol. The van der Waals surface area contributed by atoms with Gasteiger partial charge in [-0.1, -0.05) is 189 Å². The van der Waals surface area contributed by atoms with Crippen LogP contribution in [0.3, 0.4) is 0 Å². The first-order valence-electron chi connectivity index (χ1n) is 22.4. The third kappa shape index (κ3) is 8.98. The van der Waals surface area contributed by atoms with Crippen LogP contribution < -0.4 is 5.73 Å². The van der Waals surface area contributed by atoms with Crippen LogP contribution in [0, 0.1) is 19.3 Å². The van der Waals surface area contributed by atoms with Crippen LogP contribution >= 0.6 is 0 Å². The first-order chi connectivity index (χ1) is 31.5. The fourth-order valence-electron chi connectivity index (χ4n) is 8.95. The molecule has 2 nitrogen and oxygen atoms in total. The molecule has 2 N–H and O–H groups in total. The van der Waals surface area contributed by atoms with Crippen molar-refractivity contribution in [1.29, 1.82) is 0 Å². The predicted octanol–water partition coefficient (Wildman–Crippen LogP) is 17.1. The molecule has 0 saturated heterocycles. The number of aromatic nitrogens is 1. The summed E-state index contributed by atoms with van der Waals surface area (Å²) in [6.45, 7) is 14.5. The van der Waals surface area contributed by atoms with E-state index in [1.165, 1.54) is 100.0 Å². The summed E-state index contributed by atoms with van der Waals surface area (Å²) in [5.41, 5.74) is 16.5. The summed E-state index contributed by atoms with van der Waals surface area (Å²) >= 11 is 0. The number of nitrogens with two attached hydrogens (primary N) is 1. The first kappa shape index (κ1) is 44.5. The fraction of sp³-hybridized carbons (Fsp3) is 0.129. The number of hydrogen-bond donors (Lipinski definition) is 1. The van der Waals surface area contributed by atoms with E-state index >= 15 is 0 Å². The monoisotopic (exact) mass is 830 g/mol. The largest absolute Gasteiger partial charge is 0.399 e. The molecule has 0 aliphatic heterocycles. The highest BCUT2D eigenvalue weighted by Crippen LogP contribution is 2.47. The minimum atomic E-state index is 0.869. The van der Waals surface area contributed by atoms with Gasteiger partial charge in [0.05, 0.1) is 11.0 Å². The number of terminal acetylenes is 1. The van der Waals surface area contributed by atoms with Crippen molar-refractivity contribution in [2.24, 2.45) is 5.73 Å². The predicted molar refractivity (Wildman–Crippen MR) is 284 cm³/mol. The summed E-state index contributed by atoms with van der Waals surface area (Å²) in [4.78, 5) is 0. The quantitative estimate of drug-likeness (QED) is 0.0703. The SMILES string of the molecule is C#C/C=C\C(=C/C)n1c2cccc3c4ccc(-c5ccc(CCCC)c6ccccc56)cc4c4c5ccccc5cc1c4c32.C=C.CC/C=C(/N)c1ccccc1.Cc1ccccc1. The third-order valence-corrected chi connectivity index (χ3v) is 11.9. The summed E-state index contributed by atoms with van der Waals surface area (Å²) < 4.78 is 2.38. The Morgan fingerprint density at radius 2 is 1.31 bits per heavy atom. The van der Waals surface area contributed by atoms with E-state index in [1.54, 1.807) is 6.08 Å². The molecule has 0 bridgehead atoms. The zero-order valence-electron chi connectivity index (χ0n) is 37.7. The maximum atomic E-state index is 5.77. The van der Waals surface area contributed by atoms with Crippen LogP contribution in [0.25, 0.3) is 87.4 Å². The molecule has 0 spiro atoms. The maximum Gasteiger partial charge on any atom is 0.0553 e. The highest BCUT2D eigenvalue weighted by Gasteiger charge is 2.22. The Balaban J connectivity index is 0.000000253. The topological polar surface area (TPSA) is 30.9 Å². The van der Waals surface area contributed by atoms with E-state index in [0.717, 1.165) is 29.8 Å². The molecule has 9 aromatic carbocycles. The van der Waals surface area contributed by atoms with Crippen molar-refractivity contribution in [2.45, 2.75) is 53.4 Å². The van der Waals surface area contributed by atoms with Crippen molar-refractivity contribution >= 4 is 76.3 Å². The number of unbranched alkanes of at least 4 members (excludes halogenated alkanes) is 1. The molecular formula is C62H58N2. The molecule has 2 heteroatoms. The van der Waals surface area contributed by atoms with Gasteiger partial charge in [-0.3, -0.25) is 0 Å². The van der Waals surface area contributed by atoms with E-state index in [1.807, 2.05) is 60.7 Å². The zero-order chi connectivity index (χ0) is 45.0. The molecule has 1 aromatic heterocycles. The van der Waals surface area contributed by atoms with Crippen LogP contribution in [0.2, 0.25) is 0 Å². The van der Waals surface area contributed by atoms with E-state index in [-0.39, 0.29) is 0 Å². The van der Waals surface area contributed by atoms with Crippen LogP contribution in [0.15, 0.2) is 201 Å². The number of nitrogens with zero attached hydrogens (tertiary/aromatic N) is 1. The van der Waals surface area contributed by atoms with Crippen LogP contribution in [-0.4, -0.2) is 4.57 Å². The van der Waals surface area contributed by atoms with Gasteiger partial charge in [0, 0.05) is 27.6 Å². The van der Waals surface area contributed by atoms with Crippen LogP contribution in [-0.2, 0) is 6.42 Å². The Kier molecular flexibility index (Phi) is 14.6. The second-order valence-corrected chi connectivity index (χ2v) is 15.9. The fourth-order valence-corrected chi connectivity index (χ4v) is 8.95. The van der Waals surface area contributed by atoms with Crippen LogP contribution in [0.4, 0.5) is 0 Å². The lowest BCUT2D eigenvalue weighted by atomic mass is 9.88. The Bertz CT molecular complexity index is 3300. The van der Waals surface area contributed by atoms with Gasteiger partial charge in [0.2, 0.25) is 0 Å².